The molecule has 2 heterocycles. The van der Waals surface area contributed by atoms with Crippen molar-refractivity contribution in [1.29, 1.82) is 0 Å². The zero-order valence-electron chi connectivity index (χ0n) is 5.78. The van der Waals surface area contributed by atoms with Crippen LogP contribution in [0.1, 0.15) is 12.8 Å². The molecule has 1 atom stereocenters. The molecule has 1 fully saturated rings. The summed E-state index contributed by atoms with van der Waals surface area (Å²) in [7, 11) is 0. The number of hydrogen-bond donors (Lipinski definition) is 1. The molecular weight excluding hydrogens is 146 g/mol. The minimum absolute atomic E-state index is 0.0198. The van der Waals surface area contributed by atoms with Crippen molar-refractivity contribution in [2.45, 2.75) is 18.9 Å². The second-order valence-corrected chi connectivity index (χ2v) is 2.58. The van der Waals surface area contributed by atoms with E-state index in [2.05, 4.69) is 10.5 Å². The summed E-state index contributed by atoms with van der Waals surface area (Å²) in [4.78, 5) is 23.4. The molecule has 2 aliphatic heterocycles. The topological polar surface area (TPSA) is 61.8 Å². The largest absolute Gasteiger partial charge is 0.289 e. The maximum absolute atomic E-state index is 11.0. The van der Waals surface area contributed by atoms with Gasteiger partial charge in [-0.1, -0.05) is 0 Å². The minimum atomic E-state index is -0.306. The molecule has 58 valence electrons. The lowest BCUT2D eigenvalue weighted by molar-refractivity contribution is -0.132. The van der Waals surface area contributed by atoms with E-state index in [-0.39, 0.29) is 17.9 Å². The minimum Gasteiger partial charge on any atom is -0.289 e. The number of carbonyl (C=O) groups excluding carboxylic acids is 2. The van der Waals surface area contributed by atoms with E-state index < -0.39 is 0 Å². The summed E-state index contributed by atoms with van der Waals surface area (Å²) in [5, 5.41) is 3.53. The van der Waals surface area contributed by atoms with Gasteiger partial charge in [-0.15, -0.1) is 0 Å². The molecule has 0 saturated carbocycles. The molecule has 2 aliphatic rings. The van der Waals surface area contributed by atoms with E-state index in [1.807, 2.05) is 0 Å². The van der Waals surface area contributed by atoms with Crippen LogP contribution in [0.15, 0.2) is 5.10 Å². The van der Waals surface area contributed by atoms with Crippen LogP contribution in [0.4, 0.5) is 0 Å². The molecule has 2 rings (SSSR count). The Labute approximate surface area is 63.1 Å². The van der Waals surface area contributed by atoms with Crippen molar-refractivity contribution in [3.05, 3.63) is 0 Å². The Morgan fingerprint density at radius 1 is 1.64 bits per heavy atom. The van der Waals surface area contributed by atoms with Crippen LogP contribution in [-0.4, -0.2) is 29.1 Å². The van der Waals surface area contributed by atoms with E-state index >= 15 is 0 Å². The molecule has 0 radical (unpaired) electrons. The third-order valence-electron chi connectivity index (χ3n) is 1.91. The first-order valence-electron chi connectivity index (χ1n) is 3.43. The first-order chi connectivity index (χ1) is 5.29. The average molecular weight is 153 g/mol. The Bertz CT molecular complexity index is 248. The SMILES string of the molecule is O=C1NN=CN2C(=O)CCC12. The first-order valence-corrected chi connectivity index (χ1v) is 3.43. The number of fused-ring (bicyclic) bond motifs is 1. The molecule has 11 heavy (non-hydrogen) atoms. The molecule has 0 aliphatic carbocycles. The van der Waals surface area contributed by atoms with E-state index in [0.29, 0.717) is 12.8 Å². The van der Waals surface area contributed by atoms with Gasteiger partial charge in [-0.25, -0.2) is 5.43 Å². The summed E-state index contributed by atoms with van der Waals surface area (Å²) in [5.41, 5.74) is 2.31. The van der Waals surface area contributed by atoms with Crippen molar-refractivity contribution in [3.8, 4) is 0 Å². The van der Waals surface area contributed by atoms with Gasteiger partial charge in [0.15, 0.2) is 0 Å². The van der Waals surface area contributed by atoms with Crippen LogP contribution in [0, 0.1) is 0 Å². The second kappa shape index (κ2) is 2.05. The van der Waals surface area contributed by atoms with Gasteiger partial charge in [0.25, 0.3) is 5.91 Å². The summed E-state index contributed by atoms with van der Waals surface area (Å²) in [5.74, 6) is -0.202. The Kier molecular flexibility index (Phi) is 1.18. The summed E-state index contributed by atoms with van der Waals surface area (Å²) < 4.78 is 0. The normalized spacial score (nSPS) is 28.7. The van der Waals surface area contributed by atoms with Crippen molar-refractivity contribution in [3.63, 3.8) is 0 Å². The second-order valence-electron chi connectivity index (χ2n) is 2.58. The summed E-state index contributed by atoms with van der Waals surface area (Å²) in [6.07, 6.45) is 2.43. The van der Waals surface area contributed by atoms with Gasteiger partial charge < -0.3 is 0 Å². The van der Waals surface area contributed by atoms with E-state index in [0.717, 1.165) is 0 Å². The third kappa shape index (κ3) is 0.806. The molecule has 0 aromatic rings. The predicted octanol–water partition coefficient (Wildman–Crippen LogP) is -0.950. The maximum atomic E-state index is 11.0. The zero-order valence-corrected chi connectivity index (χ0v) is 5.78. The van der Waals surface area contributed by atoms with E-state index in [4.69, 9.17) is 0 Å². The average Bonchev–Trinajstić information content (AvgIpc) is 2.35. The molecule has 5 heteroatoms. The van der Waals surface area contributed by atoms with Crippen molar-refractivity contribution in [2.75, 3.05) is 0 Å². The van der Waals surface area contributed by atoms with Crippen molar-refractivity contribution < 1.29 is 9.59 Å². The number of carbonyl (C=O) groups is 2. The number of hydrazone groups is 1. The number of amides is 2. The highest BCUT2D eigenvalue weighted by molar-refractivity contribution is 5.99. The fourth-order valence-corrected chi connectivity index (χ4v) is 1.33. The monoisotopic (exact) mass is 153 g/mol. The lowest BCUT2D eigenvalue weighted by atomic mass is 10.2. The molecule has 1 saturated heterocycles. The number of rotatable bonds is 0. The Morgan fingerprint density at radius 3 is 3.18 bits per heavy atom. The number of hydrogen-bond acceptors (Lipinski definition) is 3. The van der Waals surface area contributed by atoms with Gasteiger partial charge >= 0.3 is 0 Å². The third-order valence-corrected chi connectivity index (χ3v) is 1.91. The number of nitrogens with zero attached hydrogens (tertiary/aromatic N) is 2. The molecule has 5 nitrogen and oxygen atoms in total. The van der Waals surface area contributed by atoms with E-state index in [1.54, 1.807) is 0 Å². The number of nitrogens with one attached hydrogen (secondary N) is 1. The van der Waals surface area contributed by atoms with Crippen LogP contribution < -0.4 is 5.43 Å². The Balaban J connectivity index is 2.30. The fourth-order valence-electron chi connectivity index (χ4n) is 1.33. The van der Waals surface area contributed by atoms with Gasteiger partial charge in [0, 0.05) is 6.42 Å². The Morgan fingerprint density at radius 2 is 2.45 bits per heavy atom. The maximum Gasteiger partial charge on any atom is 0.263 e. The lowest BCUT2D eigenvalue weighted by Gasteiger charge is -2.21. The summed E-state index contributed by atoms with van der Waals surface area (Å²) in [6.45, 7) is 0. The first kappa shape index (κ1) is 6.33. The van der Waals surface area contributed by atoms with Crippen molar-refractivity contribution in [2.24, 2.45) is 5.10 Å². The zero-order chi connectivity index (χ0) is 7.84. The van der Waals surface area contributed by atoms with Crippen LogP contribution in [0.2, 0.25) is 0 Å². The quantitative estimate of drug-likeness (QED) is 0.487. The van der Waals surface area contributed by atoms with Gasteiger partial charge in [0.1, 0.15) is 12.4 Å². The predicted molar refractivity (Wildman–Crippen MR) is 36.5 cm³/mol. The highest BCUT2D eigenvalue weighted by atomic mass is 16.2. The van der Waals surface area contributed by atoms with E-state index in [1.165, 1.54) is 11.2 Å². The molecule has 1 N–H and O–H groups in total. The van der Waals surface area contributed by atoms with Crippen molar-refractivity contribution in [1.82, 2.24) is 10.3 Å². The lowest BCUT2D eigenvalue weighted by Crippen LogP contribution is -2.46. The van der Waals surface area contributed by atoms with Crippen LogP contribution >= 0.6 is 0 Å². The molecule has 0 spiro atoms. The summed E-state index contributed by atoms with van der Waals surface area (Å²) >= 11 is 0. The van der Waals surface area contributed by atoms with Crippen LogP contribution in [0.5, 0.6) is 0 Å². The fraction of sp³-hybridized carbons (Fsp3) is 0.500. The highest BCUT2D eigenvalue weighted by Crippen LogP contribution is 2.18. The van der Waals surface area contributed by atoms with Gasteiger partial charge in [-0.2, -0.15) is 5.10 Å². The molecule has 2 amide bonds. The van der Waals surface area contributed by atoms with Crippen LogP contribution in [0.3, 0.4) is 0 Å². The standard InChI is InChI=1S/C6H7N3O2/c10-5-2-1-4-6(11)8-7-3-9(4)5/h3-4H,1-2H2,(H,8,11). The molecule has 0 bridgehead atoms. The van der Waals surface area contributed by atoms with Gasteiger partial charge in [0.05, 0.1) is 0 Å². The van der Waals surface area contributed by atoms with Gasteiger partial charge in [0.2, 0.25) is 5.91 Å². The van der Waals surface area contributed by atoms with E-state index in [9.17, 15) is 9.59 Å². The highest BCUT2D eigenvalue weighted by Gasteiger charge is 2.36. The van der Waals surface area contributed by atoms with Gasteiger partial charge in [-0.05, 0) is 6.42 Å². The molecular formula is C6H7N3O2. The molecule has 1 unspecified atom stereocenters. The molecule has 0 aromatic carbocycles. The van der Waals surface area contributed by atoms with Crippen LogP contribution in [-0.2, 0) is 9.59 Å². The Hall–Kier alpha value is -1.39. The molecule has 0 aromatic heterocycles. The van der Waals surface area contributed by atoms with Crippen LogP contribution in [0.25, 0.3) is 0 Å². The van der Waals surface area contributed by atoms with Crippen molar-refractivity contribution >= 4 is 18.2 Å². The van der Waals surface area contributed by atoms with Gasteiger partial charge in [-0.3, -0.25) is 14.5 Å². The summed E-state index contributed by atoms with van der Waals surface area (Å²) in [6, 6.07) is -0.306. The smallest absolute Gasteiger partial charge is 0.263 e.